The summed E-state index contributed by atoms with van der Waals surface area (Å²) in [6.07, 6.45) is 3.76. The first-order valence-corrected chi connectivity index (χ1v) is 15.2. The second-order valence-electron chi connectivity index (χ2n) is 11.3. The van der Waals surface area contributed by atoms with Crippen LogP contribution in [0.2, 0.25) is 0 Å². The number of imide groups is 1. The highest BCUT2D eigenvalue weighted by Gasteiger charge is 2.66. The predicted molar refractivity (Wildman–Crippen MR) is 140 cm³/mol. The van der Waals surface area contributed by atoms with Crippen molar-refractivity contribution in [3.63, 3.8) is 0 Å². The number of benzene rings is 1. The predicted octanol–water partition coefficient (Wildman–Crippen LogP) is 3.24. The molecule has 1 N–H and O–H groups in total. The fourth-order valence-electron chi connectivity index (χ4n) is 7.43. The average molecular weight is 566 g/mol. The highest BCUT2D eigenvalue weighted by Crippen LogP contribution is 2.64. The molecule has 0 radical (unpaired) electrons. The maximum atomic E-state index is 13.1. The van der Waals surface area contributed by atoms with Crippen LogP contribution in [0, 0.1) is 23.2 Å². The molecule has 2 aliphatic heterocycles. The Hall–Kier alpha value is -3.05. The van der Waals surface area contributed by atoms with Gasteiger partial charge in [-0.05, 0) is 55.7 Å². The van der Waals surface area contributed by atoms with Crippen molar-refractivity contribution in [3.8, 4) is 0 Å². The molecule has 11 heteroatoms. The van der Waals surface area contributed by atoms with Crippen LogP contribution >= 0.6 is 23.1 Å². The smallest absolute Gasteiger partial charge is 0.313 e. The first-order valence-electron chi connectivity index (χ1n) is 13.4. The van der Waals surface area contributed by atoms with Crippen molar-refractivity contribution in [1.82, 2.24) is 15.2 Å². The molecule has 5 atom stereocenters. The lowest BCUT2D eigenvalue weighted by Crippen LogP contribution is -2.52. The molecule has 4 aliphatic carbocycles. The first kappa shape index (κ1) is 25.0. The van der Waals surface area contributed by atoms with Crippen LogP contribution in [0.3, 0.4) is 0 Å². The van der Waals surface area contributed by atoms with Crippen molar-refractivity contribution in [1.29, 1.82) is 0 Å². The molecule has 1 saturated heterocycles. The van der Waals surface area contributed by atoms with Gasteiger partial charge in [0.2, 0.25) is 11.8 Å². The van der Waals surface area contributed by atoms with E-state index in [4.69, 9.17) is 4.74 Å². The number of piperidine rings is 1. The van der Waals surface area contributed by atoms with Crippen molar-refractivity contribution >= 4 is 52.6 Å². The highest BCUT2D eigenvalue weighted by molar-refractivity contribution is 7.98. The van der Waals surface area contributed by atoms with Crippen LogP contribution in [0.4, 0.5) is 0 Å². The summed E-state index contributed by atoms with van der Waals surface area (Å²) in [4.78, 5) is 69.7. The molecule has 6 aliphatic rings. The van der Waals surface area contributed by atoms with Gasteiger partial charge >= 0.3 is 5.97 Å². The number of nitrogens with one attached hydrogen (secondary N) is 1. The molecule has 5 fully saturated rings. The Morgan fingerprint density at radius 3 is 2.92 bits per heavy atom. The number of nitrogens with zero attached hydrogens (tertiary/aromatic N) is 2. The Morgan fingerprint density at radius 2 is 2.08 bits per heavy atom. The SMILES string of the molecule is O=C1CCC(N2Cc3c(SCc4nc(COC(=O)C56CC7CC(C5)C(=O)C6C7)cs4)cccc3C2=O)C(=O)N1. The number of Topliss-reactive ketones (excluding diaryl/α,β-unsaturated/α-hetero) is 1. The monoisotopic (exact) mass is 565 g/mol. The number of fused-ring (bicyclic) bond motifs is 1. The summed E-state index contributed by atoms with van der Waals surface area (Å²) in [6.45, 7) is 0.434. The number of thiazole rings is 1. The van der Waals surface area contributed by atoms with Gasteiger partial charge in [0.15, 0.2) is 0 Å². The maximum absolute atomic E-state index is 13.1. The number of amides is 3. The van der Waals surface area contributed by atoms with E-state index in [9.17, 15) is 24.0 Å². The number of ketones is 1. The largest absolute Gasteiger partial charge is 0.459 e. The number of thioether (sulfide) groups is 1. The van der Waals surface area contributed by atoms with Crippen LogP contribution in [0.1, 0.15) is 65.1 Å². The van der Waals surface area contributed by atoms with E-state index in [1.165, 1.54) is 11.3 Å². The molecule has 3 amide bonds. The number of hydrogen-bond donors (Lipinski definition) is 1. The number of carbonyl (C=O) groups excluding carboxylic acids is 5. The molecule has 4 bridgehead atoms. The average Bonchev–Trinajstić information content (AvgIpc) is 3.63. The van der Waals surface area contributed by atoms with E-state index >= 15 is 0 Å². The quantitative estimate of drug-likeness (QED) is 0.308. The maximum Gasteiger partial charge on any atom is 0.313 e. The van der Waals surface area contributed by atoms with E-state index in [2.05, 4.69) is 10.3 Å². The minimum absolute atomic E-state index is 0.0452. The van der Waals surface area contributed by atoms with Gasteiger partial charge in [0.05, 0.1) is 16.9 Å². The number of hydrogen-bond acceptors (Lipinski definition) is 9. The second kappa shape index (κ2) is 9.26. The molecule has 5 unspecified atom stereocenters. The summed E-state index contributed by atoms with van der Waals surface area (Å²) in [5.74, 6) is 0.0795. The molecule has 1 aromatic carbocycles. The molecule has 39 heavy (non-hydrogen) atoms. The fourth-order valence-corrected chi connectivity index (χ4v) is 9.30. The Labute approximate surface area is 233 Å². The molecular formula is C28H27N3O6S2. The number of ether oxygens (including phenoxy) is 1. The van der Waals surface area contributed by atoms with E-state index in [0.29, 0.717) is 42.3 Å². The summed E-state index contributed by atoms with van der Waals surface area (Å²) < 4.78 is 5.72. The molecule has 3 heterocycles. The lowest BCUT2D eigenvalue weighted by molar-refractivity contribution is -0.160. The van der Waals surface area contributed by atoms with Gasteiger partial charge in [-0.1, -0.05) is 6.07 Å². The molecule has 8 rings (SSSR count). The van der Waals surface area contributed by atoms with Gasteiger partial charge in [-0.15, -0.1) is 23.1 Å². The van der Waals surface area contributed by atoms with E-state index in [1.807, 2.05) is 17.5 Å². The molecule has 9 nitrogen and oxygen atoms in total. The van der Waals surface area contributed by atoms with Crippen LogP contribution < -0.4 is 5.32 Å². The minimum atomic E-state index is -0.642. The van der Waals surface area contributed by atoms with E-state index in [0.717, 1.165) is 34.7 Å². The van der Waals surface area contributed by atoms with Crippen molar-refractivity contribution in [2.45, 2.75) is 68.4 Å². The normalized spacial score (nSPS) is 30.7. The lowest BCUT2D eigenvalue weighted by Gasteiger charge is -2.29. The molecule has 202 valence electrons. The molecular weight excluding hydrogens is 538 g/mol. The summed E-state index contributed by atoms with van der Waals surface area (Å²) in [6, 6.07) is 4.94. The zero-order valence-electron chi connectivity index (χ0n) is 21.1. The van der Waals surface area contributed by atoms with Crippen LogP contribution in [0.5, 0.6) is 0 Å². The molecule has 2 aromatic rings. The summed E-state index contributed by atoms with van der Waals surface area (Å²) >= 11 is 3.07. The van der Waals surface area contributed by atoms with Crippen molar-refractivity contribution in [2.75, 3.05) is 0 Å². The van der Waals surface area contributed by atoms with E-state index in [1.54, 1.807) is 22.7 Å². The summed E-state index contributed by atoms with van der Waals surface area (Å²) in [5.41, 5.74) is 1.56. The lowest BCUT2D eigenvalue weighted by atomic mass is 9.75. The van der Waals surface area contributed by atoms with Gasteiger partial charge in [0.1, 0.15) is 23.4 Å². The highest BCUT2D eigenvalue weighted by atomic mass is 32.2. The topological polar surface area (TPSA) is 123 Å². The van der Waals surface area contributed by atoms with Crippen LogP contribution in [0.25, 0.3) is 0 Å². The number of carbonyl (C=O) groups is 5. The van der Waals surface area contributed by atoms with E-state index in [-0.39, 0.29) is 48.4 Å². The van der Waals surface area contributed by atoms with Gasteiger partial charge in [-0.25, -0.2) is 4.98 Å². The number of rotatable bonds is 7. The zero-order chi connectivity index (χ0) is 26.9. The van der Waals surface area contributed by atoms with Gasteiger partial charge in [-0.2, -0.15) is 0 Å². The molecule has 0 spiro atoms. The van der Waals surface area contributed by atoms with Gasteiger partial charge in [-0.3, -0.25) is 29.3 Å². The third-order valence-corrected chi connectivity index (χ3v) is 11.3. The van der Waals surface area contributed by atoms with E-state index < -0.39 is 17.4 Å². The number of esters is 1. The Morgan fingerprint density at radius 1 is 1.21 bits per heavy atom. The Bertz CT molecular complexity index is 1440. The fraction of sp³-hybridized carbons (Fsp3) is 0.500. The first-order chi connectivity index (χ1) is 18.8. The van der Waals surface area contributed by atoms with Crippen LogP contribution in [0.15, 0.2) is 28.5 Å². The standard InChI is InChI=1S/C28H27N3O6S2/c32-22-5-4-20(25(34)30-22)31-10-18-17(26(31)35)2-1-3-21(18)38-13-23-29-16(12-39-23)11-37-27(36)28-8-14-6-15(9-28)24(33)19(28)7-14/h1-3,12,14-15,19-20H,4-11,13H2,(H,30,32,34). The van der Waals surface area contributed by atoms with Crippen molar-refractivity contribution in [2.24, 2.45) is 23.2 Å². The van der Waals surface area contributed by atoms with Gasteiger partial charge < -0.3 is 9.64 Å². The second-order valence-corrected chi connectivity index (χ2v) is 13.3. The zero-order valence-corrected chi connectivity index (χ0v) is 22.8. The molecule has 1 aromatic heterocycles. The van der Waals surface area contributed by atoms with Gasteiger partial charge in [0, 0.05) is 40.6 Å². The van der Waals surface area contributed by atoms with Crippen LogP contribution in [-0.4, -0.2) is 45.4 Å². The third kappa shape index (κ3) is 4.04. The van der Waals surface area contributed by atoms with Crippen molar-refractivity contribution in [3.05, 3.63) is 45.4 Å². The minimum Gasteiger partial charge on any atom is -0.459 e. The Kier molecular flexibility index (Phi) is 5.93. The molecule has 4 saturated carbocycles. The number of aromatic nitrogens is 1. The Balaban J connectivity index is 0.975. The summed E-state index contributed by atoms with van der Waals surface area (Å²) in [7, 11) is 0. The van der Waals surface area contributed by atoms with Crippen molar-refractivity contribution < 1.29 is 28.7 Å². The van der Waals surface area contributed by atoms with Gasteiger partial charge in [0.25, 0.3) is 5.91 Å². The third-order valence-electron chi connectivity index (χ3n) is 9.11. The van der Waals surface area contributed by atoms with Crippen LogP contribution in [-0.2, 0) is 42.8 Å². The summed E-state index contributed by atoms with van der Waals surface area (Å²) in [5, 5.41) is 5.11.